The normalized spacial score (nSPS) is 24.8. The number of piperidine rings is 1. The highest BCUT2D eigenvalue weighted by atomic mass is 19.1. The third-order valence-corrected chi connectivity index (χ3v) is 5.73. The predicted molar refractivity (Wildman–Crippen MR) is 96.0 cm³/mol. The molecule has 0 N–H and O–H groups in total. The van der Waals surface area contributed by atoms with E-state index in [2.05, 4.69) is 11.8 Å². The maximum atomic E-state index is 13.0. The van der Waals surface area contributed by atoms with E-state index in [-0.39, 0.29) is 24.0 Å². The lowest BCUT2D eigenvalue weighted by atomic mass is 10.0. The van der Waals surface area contributed by atoms with Crippen LogP contribution in [-0.4, -0.2) is 54.2 Å². The first-order valence-electron chi connectivity index (χ1n) is 9.43. The zero-order chi connectivity index (χ0) is 17.8. The van der Waals surface area contributed by atoms with Crippen molar-refractivity contribution in [1.29, 1.82) is 0 Å². The Morgan fingerprint density at radius 2 is 1.84 bits per heavy atom. The highest BCUT2D eigenvalue weighted by Gasteiger charge is 2.37. The average molecular weight is 348 g/mol. The Morgan fingerprint density at radius 3 is 2.48 bits per heavy atom. The van der Waals surface area contributed by atoms with Crippen LogP contribution in [0.15, 0.2) is 24.3 Å². The summed E-state index contributed by atoms with van der Waals surface area (Å²) in [5, 5.41) is 0. The van der Waals surface area contributed by atoms with Crippen LogP contribution in [0.4, 0.5) is 9.18 Å². The molecule has 0 radical (unpaired) electrons. The fraction of sp³-hybridized carbons (Fsp3) is 0.650. The van der Waals surface area contributed by atoms with E-state index in [1.165, 1.54) is 12.1 Å². The summed E-state index contributed by atoms with van der Waals surface area (Å²) in [6, 6.07) is 7.47. The summed E-state index contributed by atoms with van der Waals surface area (Å²) in [4.78, 5) is 17.1. The van der Waals surface area contributed by atoms with E-state index in [9.17, 15) is 9.18 Å². The molecule has 0 unspecified atom stereocenters. The van der Waals surface area contributed by atoms with Gasteiger partial charge in [-0.2, -0.15) is 0 Å². The van der Waals surface area contributed by atoms with Crippen molar-refractivity contribution < 1.29 is 13.9 Å². The minimum Gasteiger partial charge on any atom is -0.381 e. The van der Waals surface area contributed by atoms with Gasteiger partial charge in [-0.25, -0.2) is 9.18 Å². The number of halogens is 1. The third kappa shape index (κ3) is 4.32. The van der Waals surface area contributed by atoms with Crippen LogP contribution in [-0.2, 0) is 11.2 Å². The monoisotopic (exact) mass is 348 g/mol. The first kappa shape index (κ1) is 18.2. The second-order valence-electron chi connectivity index (χ2n) is 7.36. The summed E-state index contributed by atoms with van der Waals surface area (Å²) in [5.74, 6) is -0.200. The Labute approximate surface area is 149 Å². The number of urea groups is 1. The van der Waals surface area contributed by atoms with E-state index in [0.717, 1.165) is 57.2 Å². The molecule has 138 valence electrons. The number of aryl methyl sites for hydroxylation is 1. The number of nitrogens with zero attached hydrogens (tertiary/aromatic N) is 2. The number of amides is 2. The van der Waals surface area contributed by atoms with Crippen molar-refractivity contribution in [3.63, 3.8) is 0 Å². The van der Waals surface area contributed by atoms with Crippen LogP contribution in [0.1, 0.15) is 44.6 Å². The molecule has 2 saturated heterocycles. The number of carbonyl (C=O) groups excluding carboxylic acids is 1. The molecular formula is C20H29FN2O2. The Hall–Kier alpha value is -1.62. The van der Waals surface area contributed by atoms with E-state index in [1.54, 1.807) is 7.11 Å². The van der Waals surface area contributed by atoms with Gasteiger partial charge in [0, 0.05) is 32.3 Å². The highest BCUT2D eigenvalue weighted by Crippen LogP contribution is 2.29. The Balaban J connectivity index is 1.58. The molecule has 1 aromatic rings. The molecule has 2 atom stereocenters. The number of rotatable bonds is 4. The SMILES string of the molecule is COC1CCN(C(=O)N2[C@@H](CCc3ccc(F)cc3)CC[C@H]2C)CC1. The number of benzene rings is 1. The van der Waals surface area contributed by atoms with Gasteiger partial charge in [0.1, 0.15) is 5.82 Å². The lowest BCUT2D eigenvalue weighted by Crippen LogP contribution is -2.51. The van der Waals surface area contributed by atoms with Crippen molar-refractivity contribution in [3.05, 3.63) is 35.6 Å². The van der Waals surface area contributed by atoms with Crippen molar-refractivity contribution in [2.45, 2.75) is 63.6 Å². The second kappa shape index (κ2) is 8.17. The van der Waals surface area contributed by atoms with Crippen LogP contribution in [0, 0.1) is 5.82 Å². The molecule has 0 aromatic heterocycles. The maximum absolute atomic E-state index is 13.0. The number of hydrogen-bond donors (Lipinski definition) is 0. The lowest BCUT2D eigenvalue weighted by Gasteiger charge is -2.38. The van der Waals surface area contributed by atoms with Crippen LogP contribution >= 0.6 is 0 Å². The van der Waals surface area contributed by atoms with Crippen LogP contribution < -0.4 is 0 Å². The van der Waals surface area contributed by atoms with Crippen molar-refractivity contribution >= 4 is 6.03 Å². The third-order valence-electron chi connectivity index (χ3n) is 5.73. The number of likely N-dealkylation sites (tertiary alicyclic amines) is 2. The molecule has 0 bridgehead atoms. The van der Waals surface area contributed by atoms with Gasteiger partial charge in [-0.1, -0.05) is 12.1 Å². The molecule has 25 heavy (non-hydrogen) atoms. The van der Waals surface area contributed by atoms with E-state index in [1.807, 2.05) is 17.0 Å². The fourth-order valence-corrected chi connectivity index (χ4v) is 4.13. The van der Waals surface area contributed by atoms with Crippen LogP contribution in [0.25, 0.3) is 0 Å². The van der Waals surface area contributed by atoms with E-state index >= 15 is 0 Å². The largest absolute Gasteiger partial charge is 0.381 e. The van der Waals surface area contributed by atoms with Gasteiger partial charge in [0.2, 0.25) is 0 Å². The smallest absolute Gasteiger partial charge is 0.320 e. The molecule has 5 heteroatoms. The minimum atomic E-state index is -0.200. The molecule has 0 aliphatic carbocycles. The molecule has 1 aromatic carbocycles. The predicted octanol–water partition coefficient (Wildman–Crippen LogP) is 3.84. The number of carbonyl (C=O) groups is 1. The number of hydrogen-bond acceptors (Lipinski definition) is 2. The molecule has 2 fully saturated rings. The van der Waals surface area contributed by atoms with Gasteiger partial charge in [0.25, 0.3) is 0 Å². The molecule has 2 amide bonds. The fourth-order valence-electron chi connectivity index (χ4n) is 4.13. The van der Waals surface area contributed by atoms with Gasteiger partial charge < -0.3 is 14.5 Å². The van der Waals surface area contributed by atoms with Crippen LogP contribution in [0.5, 0.6) is 0 Å². The minimum absolute atomic E-state index is 0.184. The van der Waals surface area contributed by atoms with E-state index in [4.69, 9.17) is 4.74 Å². The van der Waals surface area contributed by atoms with Gasteiger partial charge in [0.05, 0.1) is 6.10 Å². The number of methoxy groups -OCH3 is 1. The van der Waals surface area contributed by atoms with E-state index < -0.39 is 0 Å². The number of ether oxygens (including phenoxy) is 1. The lowest BCUT2D eigenvalue weighted by molar-refractivity contribution is 0.0416. The van der Waals surface area contributed by atoms with Gasteiger partial charge in [0.15, 0.2) is 0 Å². The first-order valence-corrected chi connectivity index (χ1v) is 9.43. The zero-order valence-corrected chi connectivity index (χ0v) is 15.3. The molecule has 0 saturated carbocycles. The molecular weight excluding hydrogens is 319 g/mol. The molecule has 3 rings (SSSR count). The first-order chi connectivity index (χ1) is 12.1. The summed E-state index contributed by atoms with van der Waals surface area (Å²) in [6.45, 7) is 3.72. The standard InChI is InChI=1S/C20H29FN2O2/c1-15-3-9-18(10-6-16-4-7-17(21)8-5-16)23(15)20(24)22-13-11-19(25-2)12-14-22/h4-5,7-8,15,18-19H,3,6,9-14H2,1-2H3/t15-,18-/m1/s1. The van der Waals surface area contributed by atoms with Gasteiger partial charge >= 0.3 is 6.03 Å². The summed E-state index contributed by atoms with van der Waals surface area (Å²) in [6.07, 6.45) is 6.07. The van der Waals surface area contributed by atoms with Crippen LogP contribution in [0.2, 0.25) is 0 Å². The molecule has 2 heterocycles. The van der Waals surface area contributed by atoms with Gasteiger partial charge in [-0.15, -0.1) is 0 Å². The summed E-state index contributed by atoms with van der Waals surface area (Å²) in [7, 11) is 1.75. The summed E-state index contributed by atoms with van der Waals surface area (Å²) >= 11 is 0. The highest BCUT2D eigenvalue weighted by molar-refractivity contribution is 5.75. The molecule has 2 aliphatic rings. The Bertz CT molecular complexity index is 570. The van der Waals surface area contributed by atoms with Gasteiger partial charge in [-0.05, 0) is 63.1 Å². The molecule has 2 aliphatic heterocycles. The average Bonchev–Trinajstić information content (AvgIpc) is 3.01. The maximum Gasteiger partial charge on any atom is 0.320 e. The van der Waals surface area contributed by atoms with Crippen molar-refractivity contribution in [2.24, 2.45) is 0 Å². The van der Waals surface area contributed by atoms with Crippen molar-refractivity contribution in [2.75, 3.05) is 20.2 Å². The van der Waals surface area contributed by atoms with Crippen LogP contribution in [0.3, 0.4) is 0 Å². The van der Waals surface area contributed by atoms with Crippen molar-refractivity contribution in [3.8, 4) is 0 Å². The van der Waals surface area contributed by atoms with Gasteiger partial charge in [-0.3, -0.25) is 0 Å². The van der Waals surface area contributed by atoms with Crippen molar-refractivity contribution in [1.82, 2.24) is 9.80 Å². The molecule has 4 nitrogen and oxygen atoms in total. The second-order valence-corrected chi connectivity index (χ2v) is 7.36. The van der Waals surface area contributed by atoms with E-state index in [0.29, 0.717) is 6.04 Å². The Kier molecular flexibility index (Phi) is 5.94. The quantitative estimate of drug-likeness (QED) is 0.828. The topological polar surface area (TPSA) is 32.8 Å². The summed E-state index contributed by atoms with van der Waals surface area (Å²) < 4.78 is 18.4. The molecule has 0 spiro atoms. The Morgan fingerprint density at radius 1 is 1.16 bits per heavy atom. The zero-order valence-electron chi connectivity index (χ0n) is 15.3. The summed E-state index contributed by atoms with van der Waals surface area (Å²) in [5.41, 5.74) is 1.13.